The van der Waals surface area contributed by atoms with Gasteiger partial charge in [0.2, 0.25) is 0 Å². The molecule has 0 bridgehead atoms. The van der Waals surface area contributed by atoms with E-state index in [0.717, 1.165) is 5.56 Å². The van der Waals surface area contributed by atoms with Crippen molar-refractivity contribution in [2.45, 2.75) is 13.3 Å². The molecule has 6 heteroatoms. The van der Waals surface area contributed by atoms with Crippen LogP contribution in [0.1, 0.15) is 22.5 Å². The van der Waals surface area contributed by atoms with Gasteiger partial charge < -0.3 is 9.84 Å². The van der Waals surface area contributed by atoms with Gasteiger partial charge in [0.05, 0.1) is 18.2 Å². The molecule has 0 saturated heterocycles. The van der Waals surface area contributed by atoms with Crippen LogP contribution in [-0.2, 0) is 0 Å². The van der Waals surface area contributed by atoms with Gasteiger partial charge in [0.15, 0.2) is 5.76 Å². The molecule has 6 nitrogen and oxygen atoms in total. The maximum atomic E-state index is 12.1. The zero-order valence-corrected chi connectivity index (χ0v) is 10.4. The first-order chi connectivity index (χ1) is 9.24. The summed E-state index contributed by atoms with van der Waals surface area (Å²) in [7, 11) is 0. The van der Waals surface area contributed by atoms with Crippen molar-refractivity contribution < 1.29 is 9.32 Å². The molecule has 1 amide bonds. The molecule has 19 heavy (non-hydrogen) atoms. The Morgan fingerprint density at radius 3 is 2.89 bits per heavy atom. The molecule has 2 aromatic heterocycles. The lowest BCUT2D eigenvalue weighted by Crippen LogP contribution is -2.25. The first-order valence-corrected chi connectivity index (χ1v) is 5.76. The highest BCUT2D eigenvalue weighted by Crippen LogP contribution is 2.25. The number of hydrogen-bond acceptors (Lipinski definition) is 5. The number of carbonyl (C=O) groups is 1. The molecular formula is C13H12N4O2. The van der Waals surface area contributed by atoms with Crippen molar-refractivity contribution in [2.75, 3.05) is 6.54 Å². The number of pyridine rings is 1. The SMILES string of the molecule is Cc1noc(-c2ccncc2)c1C(=O)NCCC#N. The molecule has 0 unspecified atom stereocenters. The molecule has 2 heterocycles. The second-order valence-corrected chi connectivity index (χ2v) is 3.87. The summed E-state index contributed by atoms with van der Waals surface area (Å²) in [6, 6.07) is 5.45. The number of aryl methyl sites for hydroxylation is 1. The van der Waals surface area contributed by atoms with E-state index in [0.29, 0.717) is 23.6 Å². The summed E-state index contributed by atoms with van der Waals surface area (Å²) in [5, 5.41) is 14.9. The van der Waals surface area contributed by atoms with Crippen LogP contribution in [0.3, 0.4) is 0 Å². The summed E-state index contributed by atoms with van der Waals surface area (Å²) < 4.78 is 5.21. The van der Waals surface area contributed by atoms with Crippen molar-refractivity contribution in [2.24, 2.45) is 0 Å². The zero-order valence-electron chi connectivity index (χ0n) is 10.4. The number of aromatic nitrogens is 2. The van der Waals surface area contributed by atoms with Crippen LogP contribution in [-0.4, -0.2) is 22.6 Å². The van der Waals surface area contributed by atoms with Crippen LogP contribution in [0.25, 0.3) is 11.3 Å². The molecule has 0 aliphatic carbocycles. The highest BCUT2D eigenvalue weighted by Gasteiger charge is 2.21. The van der Waals surface area contributed by atoms with Crippen molar-refractivity contribution in [1.82, 2.24) is 15.5 Å². The van der Waals surface area contributed by atoms with Gasteiger partial charge in [-0.15, -0.1) is 0 Å². The van der Waals surface area contributed by atoms with Crippen molar-refractivity contribution in [3.8, 4) is 17.4 Å². The van der Waals surface area contributed by atoms with E-state index in [4.69, 9.17) is 9.78 Å². The third-order valence-electron chi connectivity index (χ3n) is 2.55. The van der Waals surface area contributed by atoms with Gasteiger partial charge in [-0.25, -0.2) is 0 Å². The van der Waals surface area contributed by atoms with Crippen LogP contribution < -0.4 is 5.32 Å². The largest absolute Gasteiger partial charge is 0.355 e. The van der Waals surface area contributed by atoms with E-state index in [9.17, 15) is 4.79 Å². The van der Waals surface area contributed by atoms with E-state index in [1.165, 1.54) is 0 Å². The number of carbonyl (C=O) groups excluding carboxylic acids is 1. The van der Waals surface area contributed by atoms with Crippen molar-refractivity contribution in [3.05, 3.63) is 35.8 Å². The van der Waals surface area contributed by atoms with E-state index in [1.54, 1.807) is 31.5 Å². The van der Waals surface area contributed by atoms with Crippen LogP contribution in [0.4, 0.5) is 0 Å². The van der Waals surface area contributed by atoms with Gasteiger partial charge >= 0.3 is 0 Å². The Morgan fingerprint density at radius 2 is 2.21 bits per heavy atom. The Bertz CT molecular complexity index is 613. The van der Waals surface area contributed by atoms with E-state index >= 15 is 0 Å². The Morgan fingerprint density at radius 1 is 1.47 bits per heavy atom. The van der Waals surface area contributed by atoms with Crippen LogP contribution in [0, 0.1) is 18.3 Å². The molecule has 0 radical (unpaired) electrons. The fourth-order valence-electron chi connectivity index (χ4n) is 1.66. The van der Waals surface area contributed by atoms with E-state index in [1.807, 2.05) is 6.07 Å². The van der Waals surface area contributed by atoms with Gasteiger partial charge in [-0.05, 0) is 19.1 Å². The minimum Gasteiger partial charge on any atom is -0.355 e. The molecule has 2 rings (SSSR count). The number of nitrogens with zero attached hydrogens (tertiary/aromatic N) is 3. The third-order valence-corrected chi connectivity index (χ3v) is 2.55. The number of rotatable bonds is 4. The van der Waals surface area contributed by atoms with Crippen LogP contribution in [0.15, 0.2) is 29.0 Å². The third kappa shape index (κ3) is 2.77. The zero-order chi connectivity index (χ0) is 13.7. The van der Waals surface area contributed by atoms with Crippen molar-refractivity contribution in [3.63, 3.8) is 0 Å². The summed E-state index contributed by atoms with van der Waals surface area (Å²) in [5.74, 6) is 0.121. The predicted octanol–water partition coefficient (Wildman–Crippen LogP) is 1.69. The van der Waals surface area contributed by atoms with Crippen LogP contribution in [0.2, 0.25) is 0 Å². The van der Waals surface area contributed by atoms with E-state index in [2.05, 4.69) is 15.5 Å². The van der Waals surface area contributed by atoms with Gasteiger partial charge in [-0.2, -0.15) is 5.26 Å². The Hall–Kier alpha value is -2.68. The predicted molar refractivity (Wildman–Crippen MR) is 67.0 cm³/mol. The Labute approximate surface area is 110 Å². The molecule has 0 fully saturated rings. The Kier molecular flexibility index (Phi) is 3.88. The average Bonchev–Trinajstić information content (AvgIpc) is 2.82. The van der Waals surface area contributed by atoms with Gasteiger partial charge in [-0.3, -0.25) is 9.78 Å². The van der Waals surface area contributed by atoms with E-state index in [-0.39, 0.29) is 12.3 Å². The summed E-state index contributed by atoms with van der Waals surface area (Å²) in [6.07, 6.45) is 3.50. The van der Waals surface area contributed by atoms with E-state index < -0.39 is 0 Å². The van der Waals surface area contributed by atoms with Crippen molar-refractivity contribution >= 4 is 5.91 Å². The van der Waals surface area contributed by atoms with Gasteiger partial charge in [0.25, 0.3) is 5.91 Å². The molecule has 0 spiro atoms. The highest BCUT2D eigenvalue weighted by atomic mass is 16.5. The fraction of sp³-hybridized carbons (Fsp3) is 0.231. The monoisotopic (exact) mass is 256 g/mol. The molecule has 0 atom stereocenters. The number of nitriles is 1. The minimum absolute atomic E-state index is 0.265. The van der Waals surface area contributed by atoms with Gasteiger partial charge in [0.1, 0.15) is 5.56 Å². The van der Waals surface area contributed by atoms with Crippen LogP contribution >= 0.6 is 0 Å². The fourth-order valence-corrected chi connectivity index (χ4v) is 1.66. The molecule has 0 aromatic carbocycles. The maximum Gasteiger partial charge on any atom is 0.257 e. The normalized spacial score (nSPS) is 9.89. The summed E-state index contributed by atoms with van der Waals surface area (Å²) in [5.41, 5.74) is 1.64. The standard InChI is InChI=1S/C13H12N4O2/c1-9-11(13(18)16-6-2-5-14)12(19-17-9)10-3-7-15-8-4-10/h3-4,7-8H,2,6H2,1H3,(H,16,18). The molecule has 2 aromatic rings. The molecule has 1 N–H and O–H groups in total. The number of hydrogen-bond donors (Lipinski definition) is 1. The van der Waals surface area contributed by atoms with Crippen molar-refractivity contribution in [1.29, 1.82) is 5.26 Å². The second kappa shape index (κ2) is 5.78. The highest BCUT2D eigenvalue weighted by molar-refractivity contribution is 6.00. The van der Waals surface area contributed by atoms with Gasteiger partial charge in [0, 0.05) is 24.5 Å². The summed E-state index contributed by atoms with van der Waals surface area (Å²) in [4.78, 5) is 16.0. The molecular weight excluding hydrogens is 244 g/mol. The number of nitrogens with one attached hydrogen (secondary N) is 1. The topological polar surface area (TPSA) is 91.8 Å². The lowest BCUT2D eigenvalue weighted by Gasteiger charge is -2.03. The summed E-state index contributed by atoms with van der Waals surface area (Å²) in [6.45, 7) is 2.00. The lowest BCUT2D eigenvalue weighted by molar-refractivity contribution is 0.0954. The quantitative estimate of drug-likeness (QED) is 0.840. The lowest BCUT2D eigenvalue weighted by atomic mass is 10.1. The second-order valence-electron chi connectivity index (χ2n) is 3.87. The smallest absolute Gasteiger partial charge is 0.257 e. The minimum atomic E-state index is -0.291. The first kappa shape index (κ1) is 12.8. The average molecular weight is 256 g/mol. The summed E-state index contributed by atoms with van der Waals surface area (Å²) >= 11 is 0. The Balaban J connectivity index is 2.28. The first-order valence-electron chi connectivity index (χ1n) is 5.76. The number of amides is 1. The molecule has 96 valence electrons. The van der Waals surface area contributed by atoms with Gasteiger partial charge in [-0.1, -0.05) is 5.16 Å². The molecule has 0 aliphatic heterocycles. The molecule has 0 aliphatic rings. The molecule has 0 saturated carbocycles. The van der Waals surface area contributed by atoms with Crippen LogP contribution in [0.5, 0.6) is 0 Å². The maximum absolute atomic E-state index is 12.1.